The van der Waals surface area contributed by atoms with Crippen molar-refractivity contribution >= 4 is 36.3 Å². The highest BCUT2D eigenvalue weighted by atomic mass is 32.2. The Kier molecular flexibility index (Phi) is 8.51. The fourth-order valence-electron chi connectivity index (χ4n) is 1.93. The molecule has 23 heavy (non-hydrogen) atoms. The summed E-state index contributed by atoms with van der Waals surface area (Å²) in [6, 6.07) is 8.86. The number of thioether (sulfide) groups is 1. The van der Waals surface area contributed by atoms with Gasteiger partial charge in [0.25, 0.3) is 0 Å². The maximum Gasteiger partial charge on any atom is 0.328 e. The topological polar surface area (TPSA) is 69.6 Å². The summed E-state index contributed by atoms with van der Waals surface area (Å²) in [6.07, 6.45) is 0. The summed E-state index contributed by atoms with van der Waals surface area (Å²) in [5.41, 5.74) is 1.11. The summed E-state index contributed by atoms with van der Waals surface area (Å²) in [5.74, 6) is -0.612. The first kappa shape index (κ1) is 19.9. The fourth-order valence-corrected chi connectivity index (χ4v) is 3.33. The number of nitrogens with one attached hydrogen (secondary N) is 1. The van der Waals surface area contributed by atoms with Crippen LogP contribution in [0.1, 0.15) is 12.5 Å². The molecule has 0 bridgehead atoms. The summed E-state index contributed by atoms with van der Waals surface area (Å²) >= 11 is 5.58. The summed E-state index contributed by atoms with van der Waals surface area (Å²) in [7, 11) is 3.62. The van der Waals surface area contributed by atoms with Crippen LogP contribution < -0.4 is 5.32 Å². The van der Waals surface area contributed by atoms with E-state index in [1.807, 2.05) is 49.3 Å². The molecule has 0 aliphatic carbocycles. The fraction of sp³-hybridized carbons (Fsp3) is 0.500. The molecule has 0 aromatic heterocycles. The number of hydrogen-bond donors (Lipinski definition) is 3. The van der Waals surface area contributed by atoms with Gasteiger partial charge in [-0.1, -0.05) is 37.3 Å². The van der Waals surface area contributed by atoms with Crippen LogP contribution >= 0.6 is 24.4 Å². The second kappa shape index (κ2) is 9.85. The highest BCUT2D eigenvalue weighted by Crippen LogP contribution is 2.22. The number of nitrogens with zero attached hydrogens (tertiary/aromatic N) is 1. The van der Waals surface area contributed by atoms with Crippen LogP contribution in [-0.2, 0) is 15.3 Å². The molecule has 3 unspecified atom stereocenters. The number of likely N-dealkylation sites (N-methyl/N-ethyl adjacent to an activating group) is 1. The minimum Gasteiger partial charge on any atom is -0.480 e. The minimum atomic E-state index is -1.04. The van der Waals surface area contributed by atoms with Gasteiger partial charge in [0.1, 0.15) is 0 Å². The van der Waals surface area contributed by atoms with Crippen molar-refractivity contribution in [2.24, 2.45) is 5.92 Å². The monoisotopic (exact) mass is 356 g/mol. The molecule has 1 aromatic rings. The standard InChI is InChI=1S/C16H24N2O3S2/c1-11(9-22)14(19)17-13(16(20)21)15(18(2)3)23-10-12-7-5-4-6-8-12/h4-8,11,13,15,22H,9-10H2,1-3H3,(H,17,19)(H,20,21). The average molecular weight is 357 g/mol. The number of rotatable bonds is 9. The van der Waals surface area contributed by atoms with E-state index < -0.39 is 12.0 Å². The third kappa shape index (κ3) is 6.45. The number of carbonyl (C=O) groups excluding carboxylic acids is 1. The van der Waals surface area contributed by atoms with Crippen molar-refractivity contribution in [1.82, 2.24) is 10.2 Å². The highest BCUT2D eigenvalue weighted by molar-refractivity contribution is 7.99. The van der Waals surface area contributed by atoms with Gasteiger partial charge in [0.15, 0.2) is 6.04 Å². The minimum absolute atomic E-state index is 0.292. The zero-order valence-electron chi connectivity index (χ0n) is 13.6. The lowest BCUT2D eigenvalue weighted by Crippen LogP contribution is -2.53. The van der Waals surface area contributed by atoms with Crippen LogP contribution in [0.3, 0.4) is 0 Å². The van der Waals surface area contributed by atoms with Crippen LogP contribution in [0.4, 0.5) is 0 Å². The predicted molar refractivity (Wildman–Crippen MR) is 97.8 cm³/mol. The van der Waals surface area contributed by atoms with Crippen molar-refractivity contribution in [2.45, 2.75) is 24.1 Å². The van der Waals surface area contributed by atoms with Gasteiger partial charge in [-0.05, 0) is 19.7 Å². The van der Waals surface area contributed by atoms with Gasteiger partial charge < -0.3 is 10.4 Å². The third-order valence-corrected chi connectivity index (χ3v) is 5.43. The first-order valence-electron chi connectivity index (χ1n) is 7.32. The highest BCUT2D eigenvalue weighted by Gasteiger charge is 2.32. The lowest BCUT2D eigenvalue weighted by molar-refractivity contribution is -0.143. The molecule has 5 nitrogen and oxygen atoms in total. The molecule has 2 N–H and O–H groups in total. The van der Waals surface area contributed by atoms with E-state index in [0.717, 1.165) is 5.56 Å². The molecular weight excluding hydrogens is 332 g/mol. The van der Waals surface area contributed by atoms with Crippen molar-refractivity contribution in [3.63, 3.8) is 0 Å². The number of aliphatic carboxylic acids is 1. The summed E-state index contributed by atoms with van der Waals surface area (Å²) in [6.45, 7) is 1.73. The summed E-state index contributed by atoms with van der Waals surface area (Å²) in [4.78, 5) is 25.5. The molecule has 0 saturated carbocycles. The lowest BCUT2D eigenvalue weighted by atomic mass is 10.1. The van der Waals surface area contributed by atoms with Crippen molar-refractivity contribution in [3.8, 4) is 0 Å². The van der Waals surface area contributed by atoms with Gasteiger partial charge >= 0.3 is 5.97 Å². The molecule has 0 fully saturated rings. The maximum atomic E-state index is 12.0. The average Bonchev–Trinajstić information content (AvgIpc) is 2.53. The molecule has 0 spiro atoms. The van der Waals surface area contributed by atoms with E-state index in [9.17, 15) is 14.7 Å². The number of carboxylic acid groups (broad SMARTS) is 1. The van der Waals surface area contributed by atoms with E-state index in [-0.39, 0.29) is 17.2 Å². The van der Waals surface area contributed by atoms with Crippen molar-refractivity contribution in [3.05, 3.63) is 35.9 Å². The largest absolute Gasteiger partial charge is 0.480 e. The Labute approximate surface area is 147 Å². The molecule has 128 valence electrons. The number of hydrogen-bond acceptors (Lipinski definition) is 5. The van der Waals surface area contributed by atoms with Gasteiger partial charge in [0.05, 0.1) is 5.37 Å². The first-order valence-corrected chi connectivity index (χ1v) is 9.01. The second-order valence-corrected chi connectivity index (χ2v) is 7.03. The zero-order valence-corrected chi connectivity index (χ0v) is 15.3. The Hall–Kier alpha value is -1.18. The number of carbonyl (C=O) groups is 2. The second-order valence-electron chi connectivity index (χ2n) is 5.56. The molecule has 0 heterocycles. The van der Waals surface area contributed by atoms with Crippen LogP contribution in [0.25, 0.3) is 0 Å². The maximum absolute atomic E-state index is 12.0. The number of thiol groups is 1. The molecule has 1 aromatic carbocycles. The molecule has 0 radical (unpaired) electrons. The van der Waals surface area contributed by atoms with Gasteiger partial charge in [-0.3, -0.25) is 9.69 Å². The molecular formula is C16H24N2O3S2. The first-order chi connectivity index (χ1) is 10.9. The van der Waals surface area contributed by atoms with Crippen molar-refractivity contribution in [2.75, 3.05) is 19.8 Å². The number of benzene rings is 1. The Morgan fingerprint density at radius 3 is 2.39 bits per heavy atom. The van der Waals surface area contributed by atoms with E-state index in [2.05, 4.69) is 17.9 Å². The molecule has 1 amide bonds. The predicted octanol–water partition coefficient (Wildman–Crippen LogP) is 1.94. The van der Waals surface area contributed by atoms with Gasteiger partial charge in [-0.25, -0.2) is 4.79 Å². The van der Waals surface area contributed by atoms with Gasteiger partial charge in [0.2, 0.25) is 5.91 Å². The Morgan fingerprint density at radius 1 is 1.30 bits per heavy atom. The van der Waals surface area contributed by atoms with Crippen molar-refractivity contribution in [1.29, 1.82) is 0 Å². The van der Waals surface area contributed by atoms with E-state index in [1.54, 1.807) is 6.92 Å². The number of carboxylic acids is 1. The van der Waals surface area contributed by atoms with Gasteiger partial charge in [-0.15, -0.1) is 11.8 Å². The Bertz CT molecular complexity index is 511. The van der Waals surface area contributed by atoms with Crippen molar-refractivity contribution < 1.29 is 14.7 Å². The van der Waals surface area contributed by atoms with Gasteiger partial charge in [-0.2, -0.15) is 12.6 Å². The molecule has 7 heteroatoms. The SMILES string of the molecule is CC(CS)C(=O)NC(C(=O)O)C(SCc1ccccc1)N(C)C. The molecule has 1 rings (SSSR count). The van der Waals surface area contributed by atoms with Gasteiger partial charge in [0, 0.05) is 17.4 Å². The summed E-state index contributed by atoms with van der Waals surface area (Å²) < 4.78 is 0. The van der Waals surface area contributed by atoms with Crippen LogP contribution in [0.5, 0.6) is 0 Å². The van der Waals surface area contributed by atoms with Crippen LogP contribution in [0.2, 0.25) is 0 Å². The zero-order chi connectivity index (χ0) is 17.4. The quantitative estimate of drug-likeness (QED) is 0.466. The Morgan fingerprint density at radius 2 is 1.91 bits per heavy atom. The van der Waals surface area contributed by atoms with E-state index >= 15 is 0 Å². The van der Waals surface area contributed by atoms with Crippen LogP contribution in [0, 0.1) is 5.92 Å². The molecule has 3 atom stereocenters. The molecule has 0 saturated heterocycles. The van der Waals surface area contributed by atoms with Crippen LogP contribution in [0.15, 0.2) is 30.3 Å². The van der Waals surface area contributed by atoms with E-state index in [0.29, 0.717) is 11.5 Å². The third-order valence-electron chi connectivity index (χ3n) is 3.34. The molecule has 0 aliphatic heterocycles. The van der Waals surface area contributed by atoms with E-state index in [4.69, 9.17) is 0 Å². The van der Waals surface area contributed by atoms with Crippen LogP contribution in [-0.4, -0.2) is 53.1 Å². The normalized spacial score (nSPS) is 15.0. The number of amides is 1. The van der Waals surface area contributed by atoms with E-state index in [1.165, 1.54) is 11.8 Å². The molecule has 0 aliphatic rings. The summed E-state index contributed by atoms with van der Waals surface area (Å²) in [5, 5.41) is 11.8. The smallest absolute Gasteiger partial charge is 0.328 e. The Balaban J connectivity index is 2.81. The lowest BCUT2D eigenvalue weighted by Gasteiger charge is -2.30.